The fourth-order valence-electron chi connectivity index (χ4n) is 2.93. The number of amides is 1. The summed E-state index contributed by atoms with van der Waals surface area (Å²) in [5.74, 6) is 1.34. The van der Waals surface area contributed by atoms with E-state index in [0.29, 0.717) is 36.2 Å². The molecule has 3 aromatic heterocycles. The van der Waals surface area contributed by atoms with E-state index in [2.05, 4.69) is 15.1 Å². The Kier molecular flexibility index (Phi) is 7.34. The number of nitrogen functional groups attached to an aromatic ring is 1. The topological polar surface area (TPSA) is 153 Å². The number of carbonyl (C=O) groups is 1. The van der Waals surface area contributed by atoms with Gasteiger partial charge in [-0.1, -0.05) is 18.5 Å². The third kappa shape index (κ3) is 5.45. The molecule has 0 atom stereocenters. The first-order valence-electron chi connectivity index (χ1n) is 9.73. The highest BCUT2D eigenvalue weighted by atomic mass is 32.2. The average molecular weight is 449 g/mol. The van der Waals surface area contributed by atoms with E-state index in [1.54, 1.807) is 19.1 Å². The van der Waals surface area contributed by atoms with E-state index in [0.717, 1.165) is 6.42 Å². The zero-order valence-corrected chi connectivity index (χ0v) is 18.1. The molecule has 0 spiro atoms. The number of H-pyrrole nitrogens is 1. The molecule has 0 aliphatic rings. The van der Waals surface area contributed by atoms with Crippen LogP contribution >= 0.6 is 11.8 Å². The maximum absolute atomic E-state index is 13.1. The predicted molar refractivity (Wildman–Crippen MR) is 116 cm³/mol. The predicted octanol–water partition coefficient (Wildman–Crippen LogP) is 1.67. The van der Waals surface area contributed by atoms with Gasteiger partial charge < -0.3 is 14.7 Å². The molecule has 0 bridgehead atoms. The van der Waals surface area contributed by atoms with Gasteiger partial charge in [0.05, 0.1) is 24.3 Å². The van der Waals surface area contributed by atoms with Gasteiger partial charge in [0.1, 0.15) is 11.6 Å². The van der Waals surface area contributed by atoms with Gasteiger partial charge in [-0.15, -0.1) is 11.8 Å². The average Bonchev–Trinajstić information content (AvgIpc) is 3.38. The number of nitrogens with zero attached hydrogens (tertiary/aromatic N) is 4. The summed E-state index contributed by atoms with van der Waals surface area (Å²) in [7, 11) is 0. The van der Waals surface area contributed by atoms with Gasteiger partial charge >= 0.3 is 5.69 Å². The van der Waals surface area contributed by atoms with E-state index >= 15 is 0 Å². The quantitative estimate of drug-likeness (QED) is 0.471. The van der Waals surface area contributed by atoms with E-state index < -0.39 is 11.2 Å². The van der Waals surface area contributed by atoms with Crippen molar-refractivity contribution >= 4 is 29.2 Å². The first-order valence-corrected chi connectivity index (χ1v) is 10.9. The van der Waals surface area contributed by atoms with E-state index in [1.165, 1.54) is 27.5 Å². The van der Waals surface area contributed by atoms with Crippen molar-refractivity contribution in [2.45, 2.75) is 45.5 Å². The molecule has 0 aliphatic carbocycles. The van der Waals surface area contributed by atoms with Crippen molar-refractivity contribution in [3.05, 3.63) is 56.7 Å². The Hall–Kier alpha value is -3.28. The summed E-state index contributed by atoms with van der Waals surface area (Å²) < 4.78 is 11.6. The molecular weight excluding hydrogens is 424 g/mol. The van der Waals surface area contributed by atoms with Crippen LogP contribution in [0.25, 0.3) is 0 Å². The molecule has 0 saturated carbocycles. The number of aromatic nitrogens is 4. The summed E-state index contributed by atoms with van der Waals surface area (Å²) >= 11 is 1.27. The maximum atomic E-state index is 13.1. The fourth-order valence-corrected chi connectivity index (χ4v) is 3.67. The minimum Gasteiger partial charge on any atom is -0.467 e. The summed E-state index contributed by atoms with van der Waals surface area (Å²) in [5, 5.41) is 3.79. The Morgan fingerprint density at radius 3 is 2.84 bits per heavy atom. The normalized spacial score (nSPS) is 11.0. The van der Waals surface area contributed by atoms with Crippen molar-refractivity contribution in [2.24, 2.45) is 0 Å². The molecule has 11 nitrogen and oxygen atoms in total. The standard InChI is InChI=1S/C19H24N6O5S/c1-3-4-7-24-17(20)16(18(27)22-19(24)28)25(9-13-6-5-8-29-13)15(26)11-31-10-14-21-12(2)30-23-14/h5-6,8H,3-4,7,9-11,20H2,1-2H3,(H,22,27,28). The van der Waals surface area contributed by atoms with Crippen LogP contribution in [0.1, 0.15) is 37.2 Å². The molecule has 0 radical (unpaired) electrons. The van der Waals surface area contributed by atoms with Crippen LogP contribution in [0.5, 0.6) is 0 Å². The molecule has 12 heteroatoms. The number of rotatable bonds is 10. The van der Waals surface area contributed by atoms with Crippen LogP contribution in [-0.2, 0) is 23.6 Å². The van der Waals surface area contributed by atoms with E-state index in [9.17, 15) is 14.4 Å². The monoisotopic (exact) mass is 448 g/mol. The highest BCUT2D eigenvalue weighted by Gasteiger charge is 2.25. The second kappa shape index (κ2) is 10.2. The molecule has 3 rings (SSSR count). The van der Waals surface area contributed by atoms with Crippen LogP contribution in [-0.4, -0.2) is 31.4 Å². The number of furan rings is 1. The van der Waals surface area contributed by atoms with E-state index in [1.807, 2.05) is 6.92 Å². The SMILES string of the molecule is CCCCn1c(N)c(N(Cc2ccco2)C(=O)CSCc2noc(C)n2)c(=O)[nH]c1=O. The molecule has 3 aromatic rings. The van der Waals surface area contributed by atoms with Crippen LogP contribution in [0, 0.1) is 6.92 Å². The lowest BCUT2D eigenvalue weighted by Crippen LogP contribution is -2.41. The van der Waals surface area contributed by atoms with Crippen molar-refractivity contribution in [1.82, 2.24) is 19.7 Å². The summed E-state index contributed by atoms with van der Waals surface area (Å²) in [6, 6.07) is 3.37. The second-order valence-corrected chi connectivity index (χ2v) is 7.77. The molecule has 31 heavy (non-hydrogen) atoms. The Morgan fingerprint density at radius 1 is 1.39 bits per heavy atom. The Balaban J connectivity index is 1.88. The number of hydrogen-bond donors (Lipinski definition) is 2. The Morgan fingerprint density at radius 2 is 2.19 bits per heavy atom. The zero-order chi connectivity index (χ0) is 22.4. The number of aryl methyl sites for hydroxylation is 1. The first-order chi connectivity index (χ1) is 14.9. The van der Waals surface area contributed by atoms with Crippen molar-refractivity contribution < 1.29 is 13.7 Å². The smallest absolute Gasteiger partial charge is 0.330 e. The number of thioether (sulfide) groups is 1. The minimum absolute atomic E-state index is 0.00697. The van der Waals surface area contributed by atoms with Crippen LogP contribution < -0.4 is 21.9 Å². The van der Waals surface area contributed by atoms with Crippen LogP contribution in [0.2, 0.25) is 0 Å². The van der Waals surface area contributed by atoms with Gasteiger partial charge in [0.2, 0.25) is 11.8 Å². The van der Waals surface area contributed by atoms with Crippen LogP contribution in [0.4, 0.5) is 11.5 Å². The third-order valence-corrected chi connectivity index (χ3v) is 5.35. The van der Waals surface area contributed by atoms with Gasteiger partial charge in [-0.05, 0) is 18.6 Å². The van der Waals surface area contributed by atoms with Crippen molar-refractivity contribution in [1.29, 1.82) is 0 Å². The summed E-state index contributed by atoms with van der Waals surface area (Å²) in [4.78, 5) is 45.6. The molecule has 0 aromatic carbocycles. The maximum Gasteiger partial charge on any atom is 0.330 e. The van der Waals surface area contributed by atoms with Gasteiger partial charge in [0, 0.05) is 13.5 Å². The first kappa shape index (κ1) is 22.4. The van der Waals surface area contributed by atoms with Gasteiger partial charge in [-0.2, -0.15) is 4.98 Å². The molecule has 3 heterocycles. The molecule has 166 valence electrons. The largest absolute Gasteiger partial charge is 0.467 e. The molecule has 3 N–H and O–H groups in total. The number of nitrogens with two attached hydrogens (primary N) is 1. The van der Waals surface area contributed by atoms with Gasteiger partial charge in [-0.3, -0.25) is 24.0 Å². The lowest BCUT2D eigenvalue weighted by molar-refractivity contribution is -0.116. The van der Waals surface area contributed by atoms with Gasteiger partial charge in [0.25, 0.3) is 5.56 Å². The molecule has 0 unspecified atom stereocenters. The summed E-state index contributed by atoms with van der Waals surface area (Å²) in [6.07, 6.45) is 3.00. The molecule has 0 fully saturated rings. The minimum atomic E-state index is -0.728. The lowest BCUT2D eigenvalue weighted by Gasteiger charge is -2.23. The van der Waals surface area contributed by atoms with Crippen molar-refractivity contribution in [2.75, 3.05) is 16.4 Å². The summed E-state index contributed by atoms with van der Waals surface area (Å²) in [5.41, 5.74) is 4.79. The highest BCUT2D eigenvalue weighted by Crippen LogP contribution is 2.22. The number of hydrogen-bond acceptors (Lipinski definition) is 9. The van der Waals surface area contributed by atoms with Crippen molar-refractivity contribution in [3.63, 3.8) is 0 Å². The van der Waals surface area contributed by atoms with Gasteiger partial charge in [-0.25, -0.2) is 4.79 Å². The highest BCUT2D eigenvalue weighted by molar-refractivity contribution is 7.99. The zero-order valence-electron chi connectivity index (χ0n) is 17.3. The van der Waals surface area contributed by atoms with Crippen molar-refractivity contribution in [3.8, 4) is 0 Å². The van der Waals surface area contributed by atoms with Crippen LogP contribution in [0.3, 0.4) is 0 Å². The molecular formula is C19H24N6O5S. The van der Waals surface area contributed by atoms with Crippen LogP contribution in [0.15, 0.2) is 36.9 Å². The number of anilines is 2. The third-order valence-electron chi connectivity index (χ3n) is 4.44. The lowest BCUT2D eigenvalue weighted by atomic mass is 10.3. The molecule has 0 saturated heterocycles. The summed E-state index contributed by atoms with van der Waals surface area (Å²) in [6.45, 7) is 3.98. The fraction of sp³-hybridized carbons (Fsp3) is 0.421. The Labute approximate surface area is 181 Å². The van der Waals surface area contributed by atoms with E-state index in [4.69, 9.17) is 14.7 Å². The molecule has 1 amide bonds. The number of unbranched alkanes of at least 4 members (excludes halogenated alkanes) is 1. The van der Waals surface area contributed by atoms with Gasteiger partial charge in [0.15, 0.2) is 11.5 Å². The second-order valence-electron chi connectivity index (χ2n) is 6.78. The number of nitrogens with one attached hydrogen (secondary N) is 1. The van der Waals surface area contributed by atoms with E-state index in [-0.39, 0.29) is 29.7 Å². The number of carbonyl (C=O) groups excluding carboxylic acids is 1. The molecule has 0 aliphatic heterocycles. The Bertz CT molecular complexity index is 1130. The number of aromatic amines is 1.